The third kappa shape index (κ3) is 4.66. The van der Waals surface area contributed by atoms with E-state index in [4.69, 9.17) is 0 Å². The van der Waals surface area contributed by atoms with Crippen molar-refractivity contribution in [2.75, 3.05) is 18.5 Å². The number of carbonyl (C=O) groups is 2. The Kier molecular flexibility index (Phi) is 6.65. The molecule has 0 bridgehead atoms. The molecule has 0 spiro atoms. The molecule has 1 saturated heterocycles. The summed E-state index contributed by atoms with van der Waals surface area (Å²) in [6, 6.07) is 12.4. The van der Waals surface area contributed by atoms with Gasteiger partial charge in [0.1, 0.15) is 17.5 Å². The minimum absolute atomic E-state index is 0.0300. The van der Waals surface area contributed by atoms with E-state index in [0.29, 0.717) is 29.8 Å². The molecule has 0 radical (unpaired) electrons. The molecular weight excluding hydrogens is 466 g/mol. The second kappa shape index (κ2) is 10.0. The van der Waals surface area contributed by atoms with Gasteiger partial charge in [-0.05, 0) is 60.7 Å². The number of halogens is 2. The lowest BCUT2D eigenvalue weighted by molar-refractivity contribution is -0.131. The Labute approximate surface area is 207 Å². The molecule has 2 amide bonds. The molecule has 2 aliphatic rings. The number of rotatable bonds is 7. The number of nitrogens with zero attached hydrogens (tertiary/aromatic N) is 2. The molecule has 186 valence electrons. The van der Waals surface area contributed by atoms with Crippen LogP contribution >= 0.6 is 0 Å². The van der Waals surface area contributed by atoms with Gasteiger partial charge in [-0.3, -0.25) is 9.59 Å². The Hall–Kier alpha value is -3.85. The predicted molar refractivity (Wildman–Crippen MR) is 131 cm³/mol. The van der Waals surface area contributed by atoms with Crippen molar-refractivity contribution in [1.82, 2.24) is 15.2 Å². The first-order valence-corrected chi connectivity index (χ1v) is 12.0. The molecule has 0 saturated carbocycles. The summed E-state index contributed by atoms with van der Waals surface area (Å²) < 4.78 is 28.8. The number of benzene rings is 2. The fourth-order valence-corrected chi connectivity index (χ4v) is 4.95. The van der Waals surface area contributed by atoms with Gasteiger partial charge < -0.3 is 20.6 Å². The third-order valence-electron chi connectivity index (χ3n) is 6.72. The Morgan fingerprint density at radius 1 is 1.14 bits per heavy atom. The molecule has 7 nitrogen and oxygen atoms in total. The summed E-state index contributed by atoms with van der Waals surface area (Å²) in [5.74, 6) is -1.56. The minimum Gasteiger partial charge on any atom is -0.396 e. The van der Waals surface area contributed by atoms with E-state index >= 15 is 0 Å². The standard InChI is InChI=1S/C27H26F2N4O3/c28-20-4-1-5-21(29)25(20)22-14-17-15-30-27(36)24(17)26(32-22)31-18-8-6-16(7-9-18)13-23(35)33-11-2-3-19(33)10-12-34/h1,4-9,14,19,34H,2-3,10-13,15H2,(H,30,36)(H,31,32)/t19-/m0/s1. The van der Waals surface area contributed by atoms with E-state index in [9.17, 15) is 23.5 Å². The summed E-state index contributed by atoms with van der Waals surface area (Å²) in [5, 5.41) is 15.1. The number of likely N-dealkylation sites (tertiary alicyclic amines) is 1. The highest BCUT2D eigenvalue weighted by atomic mass is 19.1. The first-order valence-electron chi connectivity index (χ1n) is 12.0. The van der Waals surface area contributed by atoms with Crippen LogP contribution in [0.2, 0.25) is 0 Å². The zero-order valence-electron chi connectivity index (χ0n) is 19.6. The largest absolute Gasteiger partial charge is 0.396 e. The molecule has 3 heterocycles. The fraction of sp³-hybridized carbons (Fsp3) is 0.296. The van der Waals surface area contributed by atoms with Gasteiger partial charge in [-0.2, -0.15) is 0 Å². The summed E-state index contributed by atoms with van der Waals surface area (Å²) in [6.07, 6.45) is 2.70. The zero-order valence-corrected chi connectivity index (χ0v) is 19.6. The lowest BCUT2D eigenvalue weighted by Gasteiger charge is -2.24. The van der Waals surface area contributed by atoms with Crippen molar-refractivity contribution < 1.29 is 23.5 Å². The average molecular weight is 493 g/mol. The molecule has 1 aromatic heterocycles. The van der Waals surface area contributed by atoms with Gasteiger partial charge >= 0.3 is 0 Å². The average Bonchev–Trinajstić information content (AvgIpc) is 3.47. The quantitative estimate of drug-likeness (QED) is 0.465. The van der Waals surface area contributed by atoms with Crippen molar-refractivity contribution in [2.45, 2.75) is 38.3 Å². The van der Waals surface area contributed by atoms with E-state index in [2.05, 4.69) is 15.6 Å². The van der Waals surface area contributed by atoms with E-state index in [1.807, 2.05) is 17.0 Å². The summed E-state index contributed by atoms with van der Waals surface area (Å²) in [4.78, 5) is 31.5. The molecule has 3 N–H and O–H groups in total. The first kappa shape index (κ1) is 23.9. The normalized spacial score (nSPS) is 16.7. The van der Waals surface area contributed by atoms with Gasteiger partial charge in [0.2, 0.25) is 5.91 Å². The highest BCUT2D eigenvalue weighted by molar-refractivity contribution is 6.03. The van der Waals surface area contributed by atoms with Crippen LogP contribution in [0.5, 0.6) is 0 Å². The maximum absolute atomic E-state index is 14.4. The Morgan fingerprint density at radius 2 is 1.89 bits per heavy atom. The van der Waals surface area contributed by atoms with Crippen LogP contribution in [0.25, 0.3) is 11.3 Å². The van der Waals surface area contributed by atoms with Crippen molar-refractivity contribution >= 4 is 23.3 Å². The lowest BCUT2D eigenvalue weighted by Crippen LogP contribution is -2.37. The number of nitrogens with one attached hydrogen (secondary N) is 2. The van der Waals surface area contributed by atoms with Crippen LogP contribution in [0.4, 0.5) is 20.3 Å². The number of carbonyl (C=O) groups excluding carboxylic acids is 2. The number of hydrogen-bond donors (Lipinski definition) is 3. The van der Waals surface area contributed by atoms with Crippen LogP contribution in [0.3, 0.4) is 0 Å². The van der Waals surface area contributed by atoms with Crippen LogP contribution in [-0.4, -0.2) is 46.0 Å². The van der Waals surface area contributed by atoms with Gasteiger partial charge in [0.15, 0.2) is 0 Å². The highest BCUT2D eigenvalue weighted by Gasteiger charge is 2.29. The van der Waals surface area contributed by atoms with E-state index in [0.717, 1.165) is 30.5 Å². The topological polar surface area (TPSA) is 94.6 Å². The number of aromatic nitrogens is 1. The maximum atomic E-state index is 14.4. The van der Waals surface area contributed by atoms with E-state index in [-0.39, 0.29) is 54.5 Å². The molecule has 0 unspecified atom stereocenters. The van der Waals surface area contributed by atoms with E-state index < -0.39 is 11.6 Å². The molecule has 2 aliphatic heterocycles. The van der Waals surface area contributed by atoms with Crippen molar-refractivity contribution in [1.29, 1.82) is 0 Å². The van der Waals surface area contributed by atoms with Crippen LogP contribution in [0, 0.1) is 11.6 Å². The monoisotopic (exact) mass is 492 g/mol. The van der Waals surface area contributed by atoms with Gasteiger partial charge in [0.05, 0.1) is 23.2 Å². The van der Waals surface area contributed by atoms with E-state index in [1.165, 1.54) is 12.1 Å². The number of pyridine rings is 1. The highest BCUT2D eigenvalue weighted by Crippen LogP contribution is 2.33. The van der Waals surface area contributed by atoms with Gasteiger partial charge in [-0.25, -0.2) is 13.8 Å². The molecule has 1 fully saturated rings. The van der Waals surface area contributed by atoms with Crippen LogP contribution in [0.1, 0.15) is 40.7 Å². The number of anilines is 2. The molecule has 5 rings (SSSR count). The zero-order chi connectivity index (χ0) is 25.2. The molecule has 36 heavy (non-hydrogen) atoms. The SMILES string of the molecule is O=C1NCc2cc(-c3c(F)cccc3F)nc(Nc3ccc(CC(=O)N4CCC[C@H]4CCO)cc3)c21. The second-order valence-corrected chi connectivity index (χ2v) is 9.06. The predicted octanol–water partition coefficient (Wildman–Crippen LogP) is 3.93. The van der Waals surface area contributed by atoms with Crippen molar-refractivity contribution in [2.24, 2.45) is 0 Å². The molecular formula is C27H26F2N4O3. The number of fused-ring (bicyclic) bond motifs is 1. The fourth-order valence-electron chi connectivity index (χ4n) is 4.95. The Balaban J connectivity index is 1.37. The van der Waals surface area contributed by atoms with Gasteiger partial charge in [-0.1, -0.05) is 18.2 Å². The maximum Gasteiger partial charge on any atom is 0.255 e. The molecule has 1 atom stereocenters. The van der Waals surface area contributed by atoms with Gasteiger partial charge in [-0.15, -0.1) is 0 Å². The summed E-state index contributed by atoms with van der Waals surface area (Å²) >= 11 is 0. The molecule has 9 heteroatoms. The van der Waals surface area contributed by atoms with Crippen LogP contribution < -0.4 is 10.6 Å². The number of aliphatic hydroxyl groups is 1. The lowest BCUT2D eigenvalue weighted by atomic mass is 10.0. The van der Waals surface area contributed by atoms with Crippen LogP contribution in [0.15, 0.2) is 48.5 Å². The summed E-state index contributed by atoms with van der Waals surface area (Å²) in [7, 11) is 0. The van der Waals surface area contributed by atoms with Crippen molar-refractivity contribution in [3.8, 4) is 11.3 Å². The Bertz CT molecular complexity index is 1290. The molecule has 2 aromatic carbocycles. The summed E-state index contributed by atoms with van der Waals surface area (Å²) in [6.45, 7) is 1.01. The third-order valence-corrected chi connectivity index (χ3v) is 6.72. The van der Waals surface area contributed by atoms with Gasteiger partial charge in [0.25, 0.3) is 5.91 Å². The van der Waals surface area contributed by atoms with Crippen molar-refractivity contribution in [3.05, 3.63) is 76.9 Å². The van der Waals surface area contributed by atoms with Crippen molar-refractivity contribution in [3.63, 3.8) is 0 Å². The minimum atomic E-state index is -0.737. The number of amides is 2. The van der Waals surface area contributed by atoms with Crippen LogP contribution in [-0.2, 0) is 17.8 Å². The molecule has 0 aliphatic carbocycles. The van der Waals surface area contributed by atoms with Gasteiger partial charge in [0, 0.05) is 31.4 Å². The number of aliphatic hydroxyl groups excluding tert-OH is 1. The Morgan fingerprint density at radius 3 is 2.61 bits per heavy atom. The van der Waals surface area contributed by atoms with E-state index in [1.54, 1.807) is 12.1 Å². The second-order valence-electron chi connectivity index (χ2n) is 9.06. The first-order chi connectivity index (χ1) is 17.4. The smallest absolute Gasteiger partial charge is 0.255 e. The summed E-state index contributed by atoms with van der Waals surface area (Å²) in [5.41, 5.74) is 2.22. The number of hydrogen-bond acceptors (Lipinski definition) is 5. The molecule has 3 aromatic rings.